The third kappa shape index (κ3) is 2.91. The van der Waals surface area contributed by atoms with Gasteiger partial charge < -0.3 is 15.4 Å². The molecule has 0 aromatic carbocycles. The van der Waals surface area contributed by atoms with Crippen molar-refractivity contribution < 1.29 is 9.90 Å². The normalized spacial score (nSPS) is 10.7. The highest BCUT2D eigenvalue weighted by atomic mass is 16.4. The number of carboxylic acid groups (broad SMARTS) is 1. The first-order valence-electron chi connectivity index (χ1n) is 4.24. The fraction of sp³-hybridized carbons (Fsp3) is 0.444. The Morgan fingerprint density at radius 3 is 2.77 bits per heavy atom. The molecule has 0 saturated heterocycles. The minimum absolute atomic E-state index is 0.237. The zero-order valence-electron chi connectivity index (χ0n) is 7.79. The molecule has 0 atom stereocenters. The van der Waals surface area contributed by atoms with Crippen molar-refractivity contribution in [3.05, 3.63) is 23.5 Å². The van der Waals surface area contributed by atoms with E-state index in [2.05, 4.69) is 10.3 Å². The lowest BCUT2D eigenvalue weighted by atomic mass is 10.3. The number of rotatable bonds is 4. The van der Waals surface area contributed by atoms with Crippen LogP contribution in [0.15, 0.2) is 12.1 Å². The fourth-order valence-electron chi connectivity index (χ4n) is 0.982. The van der Waals surface area contributed by atoms with E-state index < -0.39 is 5.97 Å². The second-order valence-corrected chi connectivity index (χ2v) is 3.24. The van der Waals surface area contributed by atoms with Gasteiger partial charge in [0.15, 0.2) is 0 Å². The van der Waals surface area contributed by atoms with Crippen molar-refractivity contribution in [2.24, 2.45) is 0 Å². The molecule has 0 amide bonds. The second kappa shape index (κ2) is 4.09. The molecule has 0 aliphatic heterocycles. The highest BCUT2D eigenvalue weighted by molar-refractivity contribution is 5.85. The highest BCUT2D eigenvalue weighted by Gasteiger charge is 2.05. The largest absolute Gasteiger partial charge is 0.477 e. The van der Waals surface area contributed by atoms with E-state index in [1.54, 1.807) is 12.1 Å². The molecule has 1 rings (SSSR count). The van der Waals surface area contributed by atoms with Gasteiger partial charge >= 0.3 is 5.97 Å². The topological polar surface area (TPSA) is 65.1 Å². The molecule has 0 aliphatic rings. The van der Waals surface area contributed by atoms with E-state index in [0.717, 1.165) is 5.69 Å². The van der Waals surface area contributed by atoms with Crippen LogP contribution in [0.5, 0.6) is 0 Å². The van der Waals surface area contributed by atoms with E-state index in [4.69, 9.17) is 5.11 Å². The Hall–Kier alpha value is -1.29. The average molecular weight is 182 g/mol. The van der Waals surface area contributed by atoms with Gasteiger partial charge in [0.1, 0.15) is 5.69 Å². The van der Waals surface area contributed by atoms with Crippen LogP contribution in [0.4, 0.5) is 0 Å². The van der Waals surface area contributed by atoms with Gasteiger partial charge in [0.2, 0.25) is 0 Å². The van der Waals surface area contributed by atoms with E-state index in [1.807, 2.05) is 13.8 Å². The maximum Gasteiger partial charge on any atom is 0.352 e. The summed E-state index contributed by atoms with van der Waals surface area (Å²) in [6, 6.07) is 3.75. The van der Waals surface area contributed by atoms with Crippen LogP contribution in [0.1, 0.15) is 30.0 Å². The first kappa shape index (κ1) is 9.80. The Morgan fingerprint density at radius 1 is 1.62 bits per heavy atom. The summed E-state index contributed by atoms with van der Waals surface area (Å²) >= 11 is 0. The molecule has 0 saturated carbocycles. The summed E-state index contributed by atoms with van der Waals surface area (Å²) in [5.74, 6) is -0.921. The van der Waals surface area contributed by atoms with E-state index >= 15 is 0 Å². The number of hydrogen-bond donors (Lipinski definition) is 3. The number of aromatic nitrogens is 1. The summed E-state index contributed by atoms with van der Waals surface area (Å²) in [4.78, 5) is 13.3. The monoisotopic (exact) mass is 182 g/mol. The molecule has 72 valence electrons. The first-order valence-corrected chi connectivity index (χ1v) is 4.24. The fourth-order valence-corrected chi connectivity index (χ4v) is 0.982. The molecular weight excluding hydrogens is 168 g/mol. The summed E-state index contributed by atoms with van der Waals surface area (Å²) in [5, 5.41) is 11.8. The van der Waals surface area contributed by atoms with Crippen LogP contribution in [0.3, 0.4) is 0 Å². The Kier molecular flexibility index (Phi) is 3.08. The molecule has 0 unspecified atom stereocenters. The number of carboxylic acids is 1. The van der Waals surface area contributed by atoms with Gasteiger partial charge in [-0.2, -0.15) is 0 Å². The van der Waals surface area contributed by atoms with E-state index in [1.165, 1.54) is 0 Å². The molecule has 1 aromatic rings. The number of carbonyl (C=O) groups is 1. The summed E-state index contributed by atoms with van der Waals surface area (Å²) in [6.45, 7) is 4.76. The number of H-pyrrole nitrogens is 1. The summed E-state index contributed by atoms with van der Waals surface area (Å²) in [5.41, 5.74) is 1.13. The SMILES string of the molecule is CC(C)NCc1ccc(C(=O)O)[nH]1. The molecule has 0 aliphatic carbocycles. The molecule has 4 nitrogen and oxygen atoms in total. The first-order chi connectivity index (χ1) is 6.09. The van der Waals surface area contributed by atoms with E-state index in [0.29, 0.717) is 12.6 Å². The highest BCUT2D eigenvalue weighted by Crippen LogP contribution is 2.01. The molecule has 13 heavy (non-hydrogen) atoms. The molecule has 1 heterocycles. The molecule has 0 fully saturated rings. The molecule has 1 aromatic heterocycles. The number of aromatic carboxylic acids is 1. The van der Waals surface area contributed by atoms with Crippen molar-refractivity contribution >= 4 is 5.97 Å². The molecule has 0 spiro atoms. The zero-order valence-corrected chi connectivity index (χ0v) is 7.79. The van der Waals surface area contributed by atoms with Crippen LogP contribution in [0.2, 0.25) is 0 Å². The van der Waals surface area contributed by atoms with Crippen LogP contribution in [0, 0.1) is 0 Å². The smallest absolute Gasteiger partial charge is 0.352 e. The van der Waals surface area contributed by atoms with Crippen molar-refractivity contribution in [2.45, 2.75) is 26.4 Å². The lowest BCUT2D eigenvalue weighted by molar-refractivity contribution is 0.0691. The Morgan fingerprint density at radius 2 is 2.31 bits per heavy atom. The molecule has 4 heteroatoms. The Labute approximate surface area is 77.0 Å². The standard InChI is InChI=1S/C9H14N2O2/c1-6(2)10-5-7-3-4-8(11-7)9(12)13/h3-4,6,10-11H,5H2,1-2H3,(H,12,13). The van der Waals surface area contributed by atoms with Crippen LogP contribution in [-0.4, -0.2) is 22.1 Å². The van der Waals surface area contributed by atoms with Gasteiger partial charge in [0, 0.05) is 18.3 Å². The maximum atomic E-state index is 10.5. The van der Waals surface area contributed by atoms with Crippen LogP contribution in [0.25, 0.3) is 0 Å². The average Bonchev–Trinajstić information content (AvgIpc) is 2.48. The van der Waals surface area contributed by atoms with E-state index in [-0.39, 0.29) is 5.69 Å². The van der Waals surface area contributed by atoms with Gasteiger partial charge in [-0.25, -0.2) is 4.79 Å². The Bertz CT molecular complexity index is 292. The van der Waals surface area contributed by atoms with Crippen molar-refractivity contribution in [1.82, 2.24) is 10.3 Å². The summed E-state index contributed by atoms with van der Waals surface area (Å²) in [6.07, 6.45) is 0. The predicted octanol–water partition coefficient (Wildman–Crippen LogP) is 1.21. The van der Waals surface area contributed by atoms with Gasteiger partial charge in [0.25, 0.3) is 0 Å². The molecule has 3 N–H and O–H groups in total. The number of nitrogens with one attached hydrogen (secondary N) is 2. The third-order valence-electron chi connectivity index (χ3n) is 1.68. The predicted molar refractivity (Wildman–Crippen MR) is 49.7 cm³/mol. The summed E-state index contributed by atoms with van der Waals surface area (Å²) in [7, 11) is 0. The van der Waals surface area contributed by atoms with Crippen LogP contribution in [-0.2, 0) is 6.54 Å². The summed E-state index contributed by atoms with van der Waals surface area (Å²) < 4.78 is 0. The minimum atomic E-state index is -0.921. The molecule has 0 radical (unpaired) electrons. The quantitative estimate of drug-likeness (QED) is 0.655. The second-order valence-electron chi connectivity index (χ2n) is 3.24. The molecular formula is C9H14N2O2. The van der Waals surface area contributed by atoms with Crippen LogP contribution < -0.4 is 5.32 Å². The van der Waals surface area contributed by atoms with Crippen molar-refractivity contribution in [2.75, 3.05) is 0 Å². The van der Waals surface area contributed by atoms with Crippen LogP contribution >= 0.6 is 0 Å². The van der Waals surface area contributed by atoms with Gasteiger partial charge in [0.05, 0.1) is 0 Å². The van der Waals surface area contributed by atoms with Gasteiger partial charge in [-0.15, -0.1) is 0 Å². The maximum absolute atomic E-state index is 10.5. The number of aromatic amines is 1. The minimum Gasteiger partial charge on any atom is -0.477 e. The van der Waals surface area contributed by atoms with Crippen molar-refractivity contribution in [1.29, 1.82) is 0 Å². The lowest BCUT2D eigenvalue weighted by Gasteiger charge is -2.05. The molecule has 0 bridgehead atoms. The van der Waals surface area contributed by atoms with Crippen molar-refractivity contribution in [3.63, 3.8) is 0 Å². The van der Waals surface area contributed by atoms with Crippen molar-refractivity contribution in [3.8, 4) is 0 Å². The zero-order chi connectivity index (χ0) is 9.84. The van der Waals surface area contributed by atoms with Gasteiger partial charge in [-0.3, -0.25) is 0 Å². The third-order valence-corrected chi connectivity index (χ3v) is 1.68. The number of hydrogen-bond acceptors (Lipinski definition) is 2. The lowest BCUT2D eigenvalue weighted by Crippen LogP contribution is -2.22. The van der Waals surface area contributed by atoms with E-state index in [9.17, 15) is 4.79 Å². The van der Waals surface area contributed by atoms with Gasteiger partial charge in [-0.1, -0.05) is 13.8 Å². The van der Waals surface area contributed by atoms with Gasteiger partial charge in [-0.05, 0) is 12.1 Å². The Balaban J connectivity index is 2.54.